The molecule has 0 atom stereocenters. The summed E-state index contributed by atoms with van der Waals surface area (Å²) in [5.74, 6) is -0.449. The first kappa shape index (κ1) is 13.7. The van der Waals surface area contributed by atoms with Gasteiger partial charge < -0.3 is 0 Å². The zero-order valence-corrected chi connectivity index (χ0v) is 9.68. The average Bonchev–Trinajstić information content (AvgIpc) is 2.90. The van der Waals surface area contributed by atoms with Crippen LogP contribution in [0.3, 0.4) is 0 Å². The number of non-ortho nitro benzene ring substituents is 1. The molecule has 106 valence electrons. The maximum absolute atomic E-state index is 10.9. The lowest BCUT2D eigenvalue weighted by Crippen LogP contribution is -1.98. The molecule has 0 unspecified atom stereocenters. The summed E-state index contributed by atoms with van der Waals surface area (Å²) in [5.41, 5.74) is -3.40. The fraction of sp³-hybridized carbons (Fsp3) is 0. The van der Waals surface area contributed by atoms with E-state index < -0.39 is 43.5 Å². The number of rotatable bonds is 4. The van der Waals surface area contributed by atoms with Gasteiger partial charge in [-0.2, -0.15) is 4.99 Å². The molecule has 0 aromatic heterocycles. The van der Waals surface area contributed by atoms with Crippen LogP contribution in [0.15, 0.2) is 37.8 Å². The molecule has 0 saturated carbocycles. The van der Waals surface area contributed by atoms with Crippen LogP contribution in [0.5, 0.6) is 0 Å². The average molecular weight is 294 g/mol. The van der Waals surface area contributed by atoms with E-state index in [4.69, 9.17) is 0 Å². The Labute approximate surface area is 113 Å². The standard InChI is InChI=1S/C7H2N8O6/c16-13(17)3-1-4(14(18)19)6(5(2-3)15(20)21)8-7-9-11-12-10-7/h1-2H. The predicted molar refractivity (Wildman–Crippen MR) is 63.2 cm³/mol. The number of guanidine groups is 1. The molecular formula is C7H2N8O6. The Morgan fingerprint density at radius 3 is 1.71 bits per heavy atom. The van der Waals surface area contributed by atoms with Crippen molar-refractivity contribution in [2.24, 2.45) is 25.7 Å². The molecule has 0 amide bonds. The molecule has 2 rings (SSSR count). The summed E-state index contributed by atoms with van der Waals surface area (Å²) in [7, 11) is 0. The molecule has 0 radical (unpaired) electrons. The fourth-order valence-corrected chi connectivity index (χ4v) is 1.37. The van der Waals surface area contributed by atoms with Crippen LogP contribution < -0.4 is 0 Å². The Morgan fingerprint density at radius 1 is 0.857 bits per heavy atom. The molecule has 0 bridgehead atoms. The van der Waals surface area contributed by atoms with Crippen molar-refractivity contribution >= 4 is 28.7 Å². The number of aliphatic imine (C=N–C) groups is 1. The number of benzene rings is 1. The largest absolute Gasteiger partial charge is 0.308 e. The molecule has 0 fully saturated rings. The minimum Gasteiger partial charge on any atom is -0.258 e. The van der Waals surface area contributed by atoms with Crippen LogP contribution in [0.2, 0.25) is 0 Å². The van der Waals surface area contributed by atoms with Crippen LogP contribution in [0.25, 0.3) is 0 Å². The summed E-state index contributed by atoms with van der Waals surface area (Å²) in [6.07, 6.45) is 0. The summed E-state index contributed by atoms with van der Waals surface area (Å²) >= 11 is 0. The second kappa shape index (κ2) is 5.11. The van der Waals surface area contributed by atoms with Gasteiger partial charge in [-0.15, -0.1) is 0 Å². The summed E-state index contributed by atoms with van der Waals surface area (Å²) < 4.78 is 0. The van der Waals surface area contributed by atoms with E-state index in [1.807, 2.05) is 0 Å². The first-order valence-corrected chi connectivity index (χ1v) is 4.92. The van der Waals surface area contributed by atoms with Crippen LogP contribution in [-0.4, -0.2) is 20.7 Å². The highest BCUT2D eigenvalue weighted by molar-refractivity contribution is 5.88. The van der Waals surface area contributed by atoms with E-state index >= 15 is 0 Å². The van der Waals surface area contributed by atoms with Gasteiger partial charge >= 0.3 is 11.4 Å². The SMILES string of the molecule is O=[N+]([O-])c1cc([N+](=O)[O-])c(N=C2N=NN=N2)c([N+](=O)[O-])c1. The van der Waals surface area contributed by atoms with E-state index in [1.54, 1.807) is 0 Å². The van der Waals surface area contributed by atoms with Gasteiger partial charge in [0.25, 0.3) is 11.6 Å². The fourth-order valence-electron chi connectivity index (χ4n) is 1.37. The van der Waals surface area contributed by atoms with Gasteiger partial charge in [-0.1, -0.05) is 10.2 Å². The van der Waals surface area contributed by atoms with Gasteiger partial charge in [0.2, 0.25) is 5.69 Å². The Hall–Kier alpha value is -3.71. The monoisotopic (exact) mass is 294 g/mol. The maximum Gasteiger partial charge on any atom is 0.308 e. The third-order valence-electron chi connectivity index (χ3n) is 2.18. The van der Waals surface area contributed by atoms with Crippen molar-refractivity contribution in [2.75, 3.05) is 0 Å². The molecule has 0 N–H and O–H groups in total. The molecule has 1 aliphatic heterocycles. The highest BCUT2D eigenvalue weighted by Gasteiger charge is 2.31. The van der Waals surface area contributed by atoms with Gasteiger partial charge in [0.1, 0.15) is 0 Å². The van der Waals surface area contributed by atoms with Crippen molar-refractivity contribution in [1.82, 2.24) is 0 Å². The lowest BCUT2D eigenvalue weighted by Gasteiger charge is -1.99. The van der Waals surface area contributed by atoms with Crippen LogP contribution in [0.4, 0.5) is 22.7 Å². The smallest absolute Gasteiger partial charge is 0.258 e. The van der Waals surface area contributed by atoms with Crippen molar-refractivity contribution in [2.45, 2.75) is 0 Å². The highest BCUT2D eigenvalue weighted by atomic mass is 16.6. The minimum atomic E-state index is -1.04. The highest BCUT2D eigenvalue weighted by Crippen LogP contribution is 2.40. The molecular weight excluding hydrogens is 292 g/mol. The van der Waals surface area contributed by atoms with Crippen LogP contribution >= 0.6 is 0 Å². The summed E-state index contributed by atoms with van der Waals surface area (Å²) in [4.78, 5) is 32.9. The number of nitrogens with zero attached hydrogens (tertiary/aromatic N) is 8. The van der Waals surface area contributed by atoms with Gasteiger partial charge in [0.05, 0.1) is 26.9 Å². The number of hydrogen-bond donors (Lipinski definition) is 0. The van der Waals surface area contributed by atoms with Gasteiger partial charge in [-0.05, 0) is 10.4 Å². The minimum absolute atomic E-state index is 0.449. The zero-order chi connectivity index (χ0) is 15.6. The quantitative estimate of drug-likeness (QED) is 0.603. The number of nitro groups is 3. The first-order valence-electron chi connectivity index (χ1n) is 4.92. The lowest BCUT2D eigenvalue weighted by atomic mass is 10.2. The Bertz CT molecular complexity index is 702. The maximum atomic E-state index is 10.9. The Morgan fingerprint density at radius 2 is 1.33 bits per heavy atom. The van der Waals surface area contributed by atoms with Gasteiger partial charge in [-0.25, -0.2) is 0 Å². The van der Waals surface area contributed by atoms with E-state index in [0.29, 0.717) is 12.1 Å². The number of nitro benzene ring substituents is 3. The molecule has 1 aromatic rings. The second-order valence-electron chi connectivity index (χ2n) is 3.39. The molecule has 0 saturated heterocycles. The molecule has 14 heteroatoms. The molecule has 1 aliphatic rings. The normalized spacial score (nSPS) is 12.5. The van der Waals surface area contributed by atoms with Gasteiger partial charge in [0.15, 0.2) is 0 Å². The van der Waals surface area contributed by atoms with E-state index in [1.165, 1.54) is 0 Å². The molecule has 21 heavy (non-hydrogen) atoms. The summed E-state index contributed by atoms with van der Waals surface area (Å²) in [5, 5.41) is 45.1. The molecule has 1 aromatic carbocycles. The summed E-state index contributed by atoms with van der Waals surface area (Å²) in [6, 6.07) is 1.10. The zero-order valence-electron chi connectivity index (χ0n) is 9.68. The lowest BCUT2D eigenvalue weighted by molar-refractivity contribution is -0.402. The molecule has 1 heterocycles. The third-order valence-corrected chi connectivity index (χ3v) is 2.18. The predicted octanol–water partition coefficient (Wildman–Crippen LogP) is 2.23. The molecule has 0 spiro atoms. The van der Waals surface area contributed by atoms with Crippen LogP contribution in [0, 0.1) is 30.3 Å². The van der Waals surface area contributed by atoms with Crippen molar-refractivity contribution in [3.05, 3.63) is 42.5 Å². The number of hydrogen-bond acceptors (Lipinski definition) is 9. The van der Waals surface area contributed by atoms with Crippen molar-refractivity contribution in [1.29, 1.82) is 0 Å². The van der Waals surface area contributed by atoms with Gasteiger partial charge in [0, 0.05) is 0 Å². The Kier molecular flexibility index (Phi) is 3.34. The van der Waals surface area contributed by atoms with E-state index in [9.17, 15) is 30.3 Å². The Balaban J connectivity index is 2.76. The third kappa shape index (κ3) is 2.67. The van der Waals surface area contributed by atoms with Gasteiger partial charge in [-0.3, -0.25) is 30.3 Å². The molecule has 14 nitrogen and oxygen atoms in total. The van der Waals surface area contributed by atoms with E-state index in [2.05, 4.69) is 25.7 Å². The molecule has 0 aliphatic carbocycles. The summed E-state index contributed by atoms with van der Waals surface area (Å²) in [6.45, 7) is 0. The van der Waals surface area contributed by atoms with E-state index in [0.717, 1.165) is 0 Å². The van der Waals surface area contributed by atoms with E-state index in [-0.39, 0.29) is 0 Å². The van der Waals surface area contributed by atoms with Crippen molar-refractivity contribution in [3.8, 4) is 0 Å². The van der Waals surface area contributed by atoms with Crippen molar-refractivity contribution < 1.29 is 14.8 Å². The first-order chi connectivity index (χ1) is 9.90. The van der Waals surface area contributed by atoms with Crippen LogP contribution in [-0.2, 0) is 0 Å². The van der Waals surface area contributed by atoms with Crippen LogP contribution in [0.1, 0.15) is 0 Å². The second-order valence-corrected chi connectivity index (χ2v) is 3.39. The topological polar surface area (TPSA) is 191 Å². The van der Waals surface area contributed by atoms with Crippen molar-refractivity contribution in [3.63, 3.8) is 0 Å².